The lowest BCUT2D eigenvalue weighted by atomic mass is 9.91. The van der Waals surface area contributed by atoms with Crippen LogP contribution in [0.5, 0.6) is 0 Å². The Hall–Kier alpha value is -2.70. The molecule has 2 rings (SSSR count). The van der Waals surface area contributed by atoms with E-state index in [4.69, 9.17) is 5.26 Å². The van der Waals surface area contributed by atoms with Crippen molar-refractivity contribution in [1.29, 1.82) is 5.26 Å². The smallest absolute Gasteiger partial charge is 0.326 e. The molecule has 0 bridgehead atoms. The maximum Gasteiger partial charge on any atom is 0.416 e. The zero-order valence-corrected chi connectivity index (χ0v) is 11.9. The number of nitrogens with one attached hydrogen (secondary N) is 2. The first-order chi connectivity index (χ1) is 10.9. The summed E-state index contributed by atoms with van der Waals surface area (Å²) in [4.78, 5) is 11.5. The fourth-order valence-electron chi connectivity index (χ4n) is 2.31. The van der Waals surface area contributed by atoms with Crippen LogP contribution in [0.2, 0.25) is 0 Å². The third-order valence-electron chi connectivity index (χ3n) is 3.38. The van der Waals surface area contributed by atoms with Crippen LogP contribution in [0.15, 0.2) is 29.5 Å². The van der Waals surface area contributed by atoms with Crippen molar-refractivity contribution in [3.63, 3.8) is 0 Å². The number of amides is 2. The van der Waals surface area contributed by atoms with Gasteiger partial charge in [-0.05, 0) is 30.7 Å². The first-order valence-corrected chi connectivity index (χ1v) is 6.42. The average Bonchev–Trinajstić information content (AvgIpc) is 2.44. The van der Waals surface area contributed by atoms with Gasteiger partial charge in [0.1, 0.15) is 0 Å². The molecule has 0 spiro atoms. The average molecular weight is 349 g/mol. The van der Waals surface area contributed by atoms with Crippen molar-refractivity contribution in [1.82, 2.24) is 10.6 Å². The molecule has 0 fully saturated rings. The van der Waals surface area contributed by atoms with Crippen LogP contribution in [-0.4, -0.2) is 6.03 Å². The van der Waals surface area contributed by atoms with E-state index in [9.17, 15) is 31.1 Å². The SMILES string of the molecule is CC1=C(C#N)C(c2cc(C(F)(F)F)ccc2C(F)(F)F)NC(=O)N1. The van der Waals surface area contributed by atoms with E-state index in [0.717, 1.165) is 0 Å². The van der Waals surface area contributed by atoms with Crippen molar-refractivity contribution < 1.29 is 31.1 Å². The van der Waals surface area contributed by atoms with Crippen LogP contribution in [0, 0.1) is 11.3 Å². The van der Waals surface area contributed by atoms with E-state index < -0.39 is 41.1 Å². The Kier molecular flexibility index (Phi) is 4.22. The molecule has 0 saturated heterocycles. The van der Waals surface area contributed by atoms with Gasteiger partial charge in [0.15, 0.2) is 0 Å². The molecule has 24 heavy (non-hydrogen) atoms. The maximum atomic E-state index is 13.1. The molecule has 10 heteroatoms. The summed E-state index contributed by atoms with van der Waals surface area (Å²) >= 11 is 0. The topological polar surface area (TPSA) is 64.9 Å². The number of halogens is 6. The normalized spacial score (nSPS) is 18.8. The van der Waals surface area contributed by atoms with E-state index in [-0.39, 0.29) is 17.3 Å². The Morgan fingerprint density at radius 1 is 1.12 bits per heavy atom. The van der Waals surface area contributed by atoms with Crippen molar-refractivity contribution in [2.24, 2.45) is 0 Å². The van der Waals surface area contributed by atoms with Gasteiger partial charge in [-0.1, -0.05) is 0 Å². The number of hydrogen-bond acceptors (Lipinski definition) is 2. The lowest BCUT2D eigenvalue weighted by Crippen LogP contribution is -2.43. The number of carbonyl (C=O) groups excluding carboxylic acids is 1. The summed E-state index contributed by atoms with van der Waals surface area (Å²) in [6, 6.07) is -0.0506. The Balaban J connectivity index is 2.73. The highest BCUT2D eigenvalue weighted by atomic mass is 19.4. The van der Waals surface area contributed by atoms with E-state index in [1.807, 2.05) is 0 Å². The molecular weight excluding hydrogens is 340 g/mol. The number of nitriles is 1. The summed E-state index contributed by atoms with van der Waals surface area (Å²) < 4.78 is 78.0. The molecular formula is C14H9F6N3O. The van der Waals surface area contributed by atoms with Crippen LogP contribution >= 0.6 is 0 Å². The summed E-state index contributed by atoms with van der Waals surface area (Å²) in [6.07, 6.45) is -9.83. The minimum atomic E-state index is -4.95. The van der Waals surface area contributed by atoms with Crippen molar-refractivity contribution >= 4 is 6.03 Å². The molecule has 0 saturated carbocycles. The number of alkyl halides is 6. The van der Waals surface area contributed by atoms with Crippen molar-refractivity contribution in [2.75, 3.05) is 0 Å². The van der Waals surface area contributed by atoms with Gasteiger partial charge in [0, 0.05) is 5.70 Å². The molecule has 0 aromatic heterocycles. The summed E-state index contributed by atoms with van der Waals surface area (Å²) in [5.41, 5.74) is -3.85. The molecule has 4 nitrogen and oxygen atoms in total. The Bertz CT molecular complexity index is 757. The van der Waals surface area contributed by atoms with Gasteiger partial charge in [-0.2, -0.15) is 31.6 Å². The lowest BCUT2D eigenvalue weighted by molar-refractivity contribution is -0.142. The quantitative estimate of drug-likeness (QED) is 0.756. The number of nitrogens with zero attached hydrogens (tertiary/aromatic N) is 1. The first-order valence-electron chi connectivity index (χ1n) is 6.42. The van der Waals surface area contributed by atoms with Crippen molar-refractivity contribution in [2.45, 2.75) is 25.3 Å². The van der Waals surface area contributed by atoms with E-state index >= 15 is 0 Å². The van der Waals surface area contributed by atoms with Crippen LogP contribution in [-0.2, 0) is 12.4 Å². The number of rotatable bonds is 1. The van der Waals surface area contributed by atoms with Crippen molar-refractivity contribution in [3.8, 4) is 6.07 Å². The molecule has 1 aromatic carbocycles. The van der Waals surface area contributed by atoms with Crippen LogP contribution in [0.1, 0.15) is 29.7 Å². The fourth-order valence-corrected chi connectivity index (χ4v) is 2.31. The van der Waals surface area contributed by atoms with Gasteiger partial charge in [-0.15, -0.1) is 0 Å². The second-order valence-corrected chi connectivity index (χ2v) is 4.98. The third kappa shape index (κ3) is 3.29. The Labute approximate surface area is 131 Å². The van der Waals surface area contributed by atoms with E-state index in [1.165, 1.54) is 6.92 Å². The highest BCUT2D eigenvalue weighted by Crippen LogP contribution is 2.40. The molecule has 1 heterocycles. The lowest BCUT2D eigenvalue weighted by Gasteiger charge is -2.28. The van der Waals surface area contributed by atoms with Crippen molar-refractivity contribution in [3.05, 3.63) is 46.2 Å². The molecule has 1 aliphatic rings. The van der Waals surface area contributed by atoms with Crippen LogP contribution in [0.3, 0.4) is 0 Å². The summed E-state index contributed by atoms with van der Waals surface area (Å²) in [7, 11) is 0. The minimum Gasteiger partial charge on any atom is -0.326 e. The monoisotopic (exact) mass is 349 g/mol. The van der Waals surface area contributed by atoms with Gasteiger partial charge in [-0.25, -0.2) is 4.79 Å². The van der Waals surface area contributed by atoms with Crippen LogP contribution in [0.25, 0.3) is 0 Å². The molecule has 0 aliphatic carbocycles. The van der Waals surface area contributed by atoms with E-state index in [2.05, 4.69) is 10.6 Å². The van der Waals surface area contributed by atoms with Gasteiger partial charge in [-0.3, -0.25) is 0 Å². The Morgan fingerprint density at radius 3 is 2.25 bits per heavy atom. The van der Waals surface area contributed by atoms with Crippen LogP contribution in [0.4, 0.5) is 31.1 Å². The summed E-state index contributed by atoms with van der Waals surface area (Å²) in [5, 5.41) is 13.3. The fraction of sp³-hybridized carbons (Fsp3) is 0.286. The number of benzene rings is 1. The zero-order valence-electron chi connectivity index (χ0n) is 11.9. The van der Waals surface area contributed by atoms with Crippen LogP contribution < -0.4 is 10.6 Å². The number of allylic oxidation sites excluding steroid dienone is 1. The largest absolute Gasteiger partial charge is 0.416 e. The minimum absolute atomic E-state index is 0.0308. The molecule has 128 valence electrons. The highest BCUT2D eigenvalue weighted by molar-refractivity contribution is 5.79. The van der Waals surface area contributed by atoms with Gasteiger partial charge in [0.05, 0.1) is 28.8 Å². The van der Waals surface area contributed by atoms with Gasteiger partial charge in [0.2, 0.25) is 0 Å². The maximum absolute atomic E-state index is 13.1. The number of carbonyl (C=O) groups is 1. The molecule has 0 radical (unpaired) electrons. The van der Waals surface area contributed by atoms with Gasteiger partial charge in [0.25, 0.3) is 0 Å². The molecule has 1 unspecified atom stereocenters. The molecule has 1 aliphatic heterocycles. The number of hydrogen-bond donors (Lipinski definition) is 2. The predicted octanol–water partition coefficient (Wildman–Crippen LogP) is 3.88. The van der Waals surface area contributed by atoms with E-state index in [0.29, 0.717) is 12.1 Å². The Morgan fingerprint density at radius 2 is 1.75 bits per heavy atom. The third-order valence-corrected chi connectivity index (χ3v) is 3.38. The molecule has 2 amide bonds. The number of urea groups is 1. The van der Waals surface area contributed by atoms with Gasteiger partial charge >= 0.3 is 18.4 Å². The first kappa shape index (κ1) is 17.7. The van der Waals surface area contributed by atoms with Gasteiger partial charge < -0.3 is 10.6 Å². The second-order valence-electron chi connectivity index (χ2n) is 4.98. The molecule has 2 N–H and O–H groups in total. The summed E-state index contributed by atoms with van der Waals surface area (Å²) in [5.74, 6) is 0. The molecule has 1 atom stereocenters. The molecule has 1 aromatic rings. The van der Waals surface area contributed by atoms with E-state index in [1.54, 1.807) is 6.07 Å². The summed E-state index contributed by atoms with van der Waals surface area (Å²) in [6.45, 7) is 1.27. The second kappa shape index (κ2) is 5.74. The zero-order chi connectivity index (χ0) is 18.3. The standard InChI is InChI=1S/C14H9F6N3O/c1-6-9(5-21)11(23-12(24)22-6)8-4-7(13(15,16)17)2-3-10(8)14(18,19)20/h2-4,11H,1H3,(H2,22,23,24). The highest BCUT2D eigenvalue weighted by Gasteiger charge is 2.40. The predicted molar refractivity (Wildman–Crippen MR) is 69.2 cm³/mol.